The van der Waals surface area contributed by atoms with Crippen LogP contribution in [0.25, 0.3) is 5.69 Å². The average Bonchev–Trinajstić information content (AvgIpc) is 3.31. The number of aromatic nitrogens is 6. The van der Waals surface area contributed by atoms with Gasteiger partial charge in [0.25, 0.3) is 5.56 Å². The van der Waals surface area contributed by atoms with Gasteiger partial charge in [-0.2, -0.15) is 0 Å². The van der Waals surface area contributed by atoms with Crippen molar-refractivity contribution in [2.45, 2.75) is 27.3 Å². The number of rotatable bonds is 10. The number of methoxy groups -OCH3 is 1. The topological polar surface area (TPSA) is 166 Å². The fourth-order valence-corrected chi connectivity index (χ4v) is 3.50. The maximum absolute atomic E-state index is 13.2. The molecule has 34 heavy (non-hydrogen) atoms. The predicted octanol–water partition coefficient (Wildman–Crippen LogP) is 0.150. The predicted molar refractivity (Wildman–Crippen MR) is 127 cm³/mol. The number of anilines is 3. The van der Waals surface area contributed by atoms with E-state index in [0.29, 0.717) is 12.2 Å². The average molecular weight is 472 g/mol. The molecule has 2 heterocycles. The molecule has 0 aliphatic heterocycles. The second-order valence-electron chi connectivity index (χ2n) is 8.14. The Hall–Kier alpha value is -4.00. The highest BCUT2D eigenvalue weighted by Crippen LogP contribution is 2.20. The Labute approximate surface area is 195 Å². The van der Waals surface area contributed by atoms with E-state index in [9.17, 15) is 14.4 Å². The van der Waals surface area contributed by atoms with Crippen molar-refractivity contribution in [1.82, 2.24) is 29.8 Å². The lowest BCUT2D eigenvalue weighted by Gasteiger charge is -2.25. The maximum atomic E-state index is 13.2. The third kappa shape index (κ3) is 5.49. The van der Waals surface area contributed by atoms with Gasteiger partial charge < -0.3 is 20.7 Å². The van der Waals surface area contributed by atoms with Crippen LogP contribution < -0.4 is 27.2 Å². The summed E-state index contributed by atoms with van der Waals surface area (Å²) in [6.07, 6.45) is 1.49. The van der Waals surface area contributed by atoms with Gasteiger partial charge in [-0.15, -0.1) is 5.10 Å². The molecule has 0 fully saturated rings. The Morgan fingerprint density at radius 2 is 2.09 bits per heavy atom. The molecule has 0 aliphatic carbocycles. The number of nitrogen functional groups attached to an aromatic ring is 1. The zero-order valence-electron chi connectivity index (χ0n) is 19.6. The minimum Gasteiger partial charge on any atom is -0.383 e. The Bertz CT molecular complexity index is 1250. The minimum absolute atomic E-state index is 0.0615. The summed E-state index contributed by atoms with van der Waals surface area (Å²) in [6, 6.07) is 5.47. The number of ether oxygens (including phenoxy) is 1. The quantitative estimate of drug-likeness (QED) is 0.373. The van der Waals surface area contributed by atoms with Crippen LogP contribution in [0.5, 0.6) is 0 Å². The number of nitrogens with one attached hydrogen (secondary N) is 2. The monoisotopic (exact) mass is 471 g/mol. The number of carbonyl (C=O) groups is 1. The summed E-state index contributed by atoms with van der Waals surface area (Å²) in [5.41, 5.74) is 7.17. The first-order chi connectivity index (χ1) is 16.2. The Kier molecular flexibility index (Phi) is 7.79. The van der Waals surface area contributed by atoms with Crippen LogP contribution in [0.1, 0.15) is 19.4 Å². The third-order valence-electron chi connectivity index (χ3n) is 5.09. The highest BCUT2D eigenvalue weighted by Gasteiger charge is 2.24. The summed E-state index contributed by atoms with van der Waals surface area (Å²) >= 11 is 0. The summed E-state index contributed by atoms with van der Waals surface area (Å²) in [5.74, 6) is -0.372. The molecule has 4 N–H and O–H groups in total. The molecule has 0 bridgehead atoms. The van der Waals surface area contributed by atoms with Crippen molar-refractivity contribution in [2.24, 2.45) is 5.92 Å². The lowest BCUT2D eigenvalue weighted by atomic mass is 10.2. The molecule has 0 unspecified atom stereocenters. The Morgan fingerprint density at radius 3 is 2.71 bits per heavy atom. The van der Waals surface area contributed by atoms with Crippen molar-refractivity contribution in [3.63, 3.8) is 0 Å². The van der Waals surface area contributed by atoms with E-state index in [1.807, 2.05) is 32.9 Å². The van der Waals surface area contributed by atoms with Crippen LogP contribution in [0.3, 0.4) is 0 Å². The Morgan fingerprint density at radius 1 is 1.32 bits per heavy atom. The molecule has 2 aromatic heterocycles. The number of carbonyl (C=O) groups excluding carboxylic acids is 1. The van der Waals surface area contributed by atoms with Crippen LogP contribution in [0.2, 0.25) is 0 Å². The van der Waals surface area contributed by atoms with Gasteiger partial charge in [0.15, 0.2) is 5.69 Å². The lowest BCUT2D eigenvalue weighted by molar-refractivity contribution is -0.117. The van der Waals surface area contributed by atoms with Gasteiger partial charge in [0.1, 0.15) is 12.1 Å². The van der Waals surface area contributed by atoms with Gasteiger partial charge in [-0.05, 0) is 47.0 Å². The number of nitrogens with two attached hydrogens (primary N) is 1. The van der Waals surface area contributed by atoms with Gasteiger partial charge >= 0.3 is 5.69 Å². The van der Waals surface area contributed by atoms with Crippen LogP contribution in [0.4, 0.5) is 17.2 Å². The fraction of sp³-hybridized carbons (Fsp3) is 0.429. The molecule has 0 saturated carbocycles. The number of hydrogen-bond donors (Lipinski definition) is 3. The van der Waals surface area contributed by atoms with Crippen molar-refractivity contribution in [3.05, 3.63) is 50.9 Å². The van der Waals surface area contributed by atoms with E-state index in [1.165, 1.54) is 27.6 Å². The van der Waals surface area contributed by atoms with Crippen LogP contribution in [-0.4, -0.2) is 62.5 Å². The number of aryl methyl sites for hydroxylation is 1. The second-order valence-corrected chi connectivity index (χ2v) is 8.14. The van der Waals surface area contributed by atoms with Gasteiger partial charge in [-0.25, -0.2) is 9.48 Å². The summed E-state index contributed by atoms with van der Waals surface area (Å²) in [4.78, 5) is 41.6. The molecule has 0 atom stereocenters. The molecular formula is C21H29N9O4. The maximum Gasteiger partial charge on any atom is 0.330 e. The number of hydrogen-bond acceptors (Lipinski definition) is 9. The largest absolute Gasteiger partial charge is 0.383 e. The van der Waals surface area contributed by atoms with E-state index >= 15 is 0 Å². The summed E-state index contributed by atoms with van der Waals surface area (Å²) in [5, 5.41) is 14.2. The van der Waals surface area contributed by atoms with Crippen molar-refractivity contribution < 1.29 is 9.53 Å². The number of tetrazole rings is 1. The van der Waals surface area contributed by atoms with E-state index in [1.54, 1.807) is 6.07 Å². The smallest absolute Gasteiger partial charge is 0.330 e. The number of nitrogens with zero attached hydrogens (tertiary/aromatic N) is 6. The SMILES string of the molecule is COCCN(C(=O)CNc1ccc(-n2cnnn2)c(C)c1)c1c(N)n(CC(C)C)c(=O)[nH]c1=O. The number of aromatic amines is 1. The van der Waals surface area contributed by atoms with Crippen molar-refractivity contribution in [1.29, 1.82) is 0 Å². The van der Waals surface area contributed by atoms with E-state index in [4.69, 9.17) is 10.5 Å². The van der Waals surface area contributed by atoms with Gasteiger partial charge in [-0.3, -0.25) is 19.1 Å². The van der Waals surface area contributed by atoms with E-state index in [0.717, 1.165) is 11.3 Å². The van der Waals surface area contributed by atoms with Crippen molar-refractivity contribution in [2.75, 3.05) is 42.8 Å². The molecule has 0 radical (unpaired) electrons. The molecule has 3 rings (SSSR count). The van der Waals surface area contributed by atoms with Crippen LogP contribution >= 0.6 is 0 Å². The fourth-order valence-electron chi connectivity index (χ4n) is 3.50. The first-order valence-electron chi connectivity index (χ1n) is 10.7. The van der Waals surface area contributed by atoms with Crippen LogP contribution in [0, 0.1) is 12.8 Å². The summed E-state index contributed by atoms with van der Waals surface area (Å²) < 4.78 is 7.92. The molecule has 1 aromatic carbocycles. The van der Waals surface area contributed by atoms with Crippen molar-refractivity contribution >= 4 is 23.1 Å². The molecule has 3 aromatic rings. The van der Waals surface area contributed by atoms with Crippen LogP contribution in [0.15, 0.2) is 34.1 Å². The van der Waals surface area contributed by atoms with Gasteiger partial charge in [0, 0.05) is 25.9 Å². The number of benzene rings is 1. The minimum atomic E-state index is -0.728. The first kappa shape index (κ1) is 24.6. The number of amides is 1. The van der Waals surface area contributed by atoms with Gasteiger partial charge in [-0.1, -0.05) is 13.8 Å². The summed E-state index contributed by atoms with van der Waals surface area (Å²) in [7, 11) is 1.49. The van der Waals surface area contributed by atoms with E-state index in [2.05, 4.69) is 25.8 Å². The second kappa shape index (κ2) is 10.7. The summed E-state index contributed by atoms with van der Waals surface area (Å²) in [6.45, 7) is 6.17. The molecule has 13 heteroatoms. The number of H-pyrrole nitrogens is 1. The zero-order valence-corrected chi connectivity index (χ0v) is 19.6. The molecule has 0 aliphatic rings. The highest BCUT2D eigenvalue weighted by atomic mass is 16.5. The Balaban J connectivity index is 1.85. The third-order valence-corrected chi connectivity index (χ3v) is 5.09. The molecular weight excluding hydrogens is 442 g/mol. The van der Waals surface area contributed by atoms with Crippen molar-refractivity contribution in [3.8, 4) is 5.69 Å². The standard InChI is InChI=1S/C21H29N9O4/c1-13(2)11-29-19(22)18(20(32)25-21(29)33)28(7-8-34-4)17(31)10-23-15-5-6-16(14(3)9-15)30-12-24-26-27-30/h5-6,9,12-13,23H,7-8,10-11,22H2,1-4H3,(H,25,32,33). The van der Waals surface area contributed by atoms with Gasteiger partial charge in [0.2, 0.25) is 5.91 Å². The highest BCUT2D eigenvalue weighted by molar-refractivity contribution is 5.98. The van der Waals surface area contributed by atoms with Crippen LogP contribution in [-0.2, 0) is 16.1 Å². The molecule has 0 spiro atoms. The van der Waals surface area contributed by atoms with E-state index in [-0.39, 0.29) is 37.1 Å². The normalized spacial score (nSPS) is 11.1. The lowest BCUT2D eigenvalue weighted by Crippen LogP contribution is -2.44. The first-order valence-corrected chi connectivity index (χ1v) is 10.7. The van der Waals surface area contributed by atoms with E-state index < -0.39 is 17.2 Å². The molecule has 13 nitrogen and oxygen atoms in total. The molecule has 0 saturated heterocycles. The zero-order chi connectivity index (χ0) is 24.8. The molecule has 182 valence electrons. The van der Waals surface area contributed by atoms with Gasteiger partial charge in [0.05, 0.1) is 18.8 Å². The molecule has 1 amide bonds.